The molecule has 2 aromatic rings. The molecule has 0 radical (unpaired) electrons. The number of nitrogens with two attached hydrogens (primary N) is 1. The Morgan fingerprint density at radius 1 is 1.35 bits per heavy atom. The topological polar surface area (TPSA) is 85.8 Å². The van der Waals surface area contributed by atoms with Crippen molar-refractivity contribution in [3.05, 3.63) is 42.5 Å². The number of nitrogens with one attached hydrogen (secondary N) is 1. The molecule has 1 aromatic carbocycles. The molecule has 2 rings (SSSR count). The highest BCUT2D eigenvalue weighted by atomic mass is 16.2. The molecule has 0 unspecified atom stereocenters. The highest BCUT2D eigenvalue weighted by Gasteiger charge is 2.16. The Kier molecular flexibility index (Phi) is 4.47. The SMILES string of the molecule is CC(C)[C@H](N)C(=O)Nc1ccc(Cn2cncn2)cc1. The lowest BCUT2D eigenvalue weighted by molar-refractivity contribution is -0.118. The van der Waals surface area contributed by atoms with E-state index in [2.05, 4.69) is 15.4 Å². The average molecular weight is 273 g/mol. The Balaban J connectivity index is 1.96. The molecule has 106 valence electrons. The predicted molar refractivity (Wildman–Crippen MR) is 77.0 cm³/mol. The van der Waals surface area contributed by atoms with Crippen LogP contribution in [0.25, 0.3) is 0 Å². The summed E-state index contributed by atoms with van der Waals surface area (Å²) in [5.74, 6) is -0.0504. The minimum Gasteiger partial charge on any atom is -0.325 e. The first-order valence-electron chi connectivity index (χ1n) is 6.54. The Hall–Kier alpha value is -2.21. The number of nitrogens with zero attached hydrogens (tertiary/aromatic N) is 3. The molecule has 3 N–H and O–H groups in total. The molecule has 1 amide bonds. The van der Waals surface area contributed by atoms with Crippen molar-refractivity contribution in [2.24, 2.45) is 11.7 Å². The van der Waals surface area contributed by atoms with Gasteiger partial charge in [0.2, 0.25) is 5.91 Å². The standard InChI is InChI=1S/C14H19N5O/c1-10(2)13(15)14(20)18-12-5-3-11(4-6-12)7-19-9-16-8-17-19/h3-6,8-10,13H,7,15H2,1-2H3,(H,18,20)/t13-/m0/s1. The summed E-state index contributed by atoms with van der Waals surface area (Å²) < 4.78 is 1.74. The van der Waals surface area contributed by atoms with Gasteiger partial charge in [-0.1, -0.05) is 26.0 Å². The van der Waals surface area contributed by atoms with E-state index >= 15 is 0 Å². The maximum Gasteiger partial charge on any atom is 0.241 e. The van der Waals surface area contributed by atoms with Gasteiger partial charge in [0.15, 0.2) is 0 Å². The largest absolute Gasteiger partial charge is 0.325 e. The lowest BCUT2D eigenvalue weighted by atomic mass is 10.0. The number of amides is 1. The fourth-order valence-corrected chi connectivity index (χ4v) is 1.72. The predicted octanol–water partition coefficient (Wildman–Crippen LogP) is 1.25. The molecule has 0 spiro atoms. The minimum absolute atomic E-state index is 0.113. The fourth-order valence-electron chi connectivity index (χ4n) is 1.72. The summed E-state index contributed by atoms with van der Waals surface area (Å²) in [7, 11) is 0. The molecule has 0 aliphatic rings. The number of hydrogen-bond acceptors (Lipinski definition) is 4. The molecule has 6 heteroatoms. The van der Waals surface area contributed by atoms with Crippen LogP contribution in [0.1, 0.15) is 19.4 Å². The fraction of sp³-hybridized carbons (Fsp3) is 0.357. The molecule has 0 fully saturated rings. The van der Waals surface area contributed by atoms with E-state index in [4.69, 9.17) is 5.73 Å². The van der Waals surface area contributed by atoms with Gasteiger partial charge in [0.05, 0.1) is 12.6 Å². The quantitative estimate of drug-likeness (QED) is 0.858. The molecular formula is C14H19N5O. The minimum atomic E-state index is -0.496. The smallest absolute Gasteiger partial charge is 0.241 e. The van der Waals surface area contributed by atoms with E-state index in [1.54, 1.807) is 11.0 Å². The van der Waals surface area contributed by atoms with Crippen LogP contribution in [0.5, 0.6) is 0 Å². The van der Waals surface area contributed by atoms with Gasteiger partial charge in [-0.3, -0.25) is 4.79 Å². The second-order valence-corrected chi connectivity index (χ2v) is 5.05. The number of benzene rings is 1. The van der Waals surface area contributed by atoms with Crippen LogP contribution in [0, 0.1) is 5.92 Å². The first-order valence-corrected chi connectivity index (χ1v) is 6.54. The Morgan fingerprint density at radius 2 is 2.05 bits per heavy atom. The highest BCUT2D eigenvalue weighted by Crippen LogP contribution is 2.11. The van der Waals surface area contributed by atoms with Crippen LogP contribution < -0.4 is 11.1 Å². The Bertz CT molecular complexity index is 547. The zero-order chi connectivity index (χ0) is 14.5. The van der Waals surface area contributed by atoms with Crippen LogP contribution in [0.3, 0.4) is 0 Å². The number of carbonyl (C=O) groups excluding carboxylic acids is 1. The van der Waals surface area contributed by atoms with E-state index < -0.39 is 6.04 Å². The van der Waals surface area contributed by atoms with Crippen molar-refractivity contribution in [3.63, 3.8) is 0 Å². The van der Waals surface area contributed by atoms with E-state index in [0.717, 1.165) is 11.3 Å². The van der Waals surface area contributed by atoms with E-state index in [9.17, 15) is 4.79 Å². The molecular weight excluding hydrogens is 254 g/mol. The molecule has 1 heterocycles. The van der Waals surface area contributed by atoms with Gasteiger partial charge in [0.1, 0.15) is 12.7 Å². The summed E-state index contributed by atoms with van der Waals surface area (Å²) in [6.07, 6.45) is 3.17. The highest BCUT2D eigenvalue weighted by molar-refractivity contribution is 5.94. The van der Waals surface area contributed by atoms with Gasteiger partial charge in [0.25, 0.3) is 0 Å². The molecule has 20 heavy (non-hydrogen) atoms. The van der Waals surface area contributed by atoms with Crippen LogP contribution in [0.15, 0.2) is 36.9 Å². The van der Waals surface area contributed by atoms with E-state index in [1.165, 1.54) is 6.33 Å². The molecule has 0 saturated carbocycles. The molecule has 0 bridgehead atoms. The third-order valence-electron chi connectivity index (χ3n) is 3.05. The summed E-state index contributed by atoms with van der Waals surface area (Å²) in [6, 6.07) is 7.11. The number of anilines is 1. The van der Waals surface area contributed by atoms with Gasteiger partial charge in [-0.05, 0) is 23.6 Å². The zero-order valence-electron chi connectivity index (χ0n) is 11.7. The second-order valence-electron chi connectivity index (χ2n) is 5.05. The molecule has 6 nitrogen and oxygen atoms in total. The third kappa shape index (κ3) is 3.64. The van der Waals surface area contributed by atoms with Crippen LogP contribution in [0.2, 0.25) is 0 Å². The summed E-state index contributed by atoms with van der Waals surface area (Å²) >= 11 is 0. The van der Waals surface area contributed by atoms with Gasteiger partial charge in [-0.15, -0.1) is 0 Å². The van der Waals surface area contributed by atoms with Gasteiger partial charge >= 0.3 is 0 Å². The Morgan fingerprint density at radius 3 is 2.60 bits per heavy atom. The number of rotatable bonds is 5. The normalized spacial score (nSPS) is 12.4. The lowest BCUT2D eigenvalue weighted by Crippen LogP contribution is -2.39. The maximum absolute atomic E-state index is 11.8. The van der Waals surface area contributed by atoms with Crippen molar-refractivity contribution in [1.82, 2.24) is 14.8 Å². The monoisotopic (exact) mass is 273 g/mol. The second kappa shape index (κ2) is 6.29. The molecule has 0 saturated heterocycles. The third-order valence-corrected chi connectivity index (χ3v) is 3.05. The van der Waals surface area contributed by atoms with Crippen LogP contribution >= 0.6 is 0 Å². The van der Waals surface area contributed by atoms with Gasteiger partial charge in [-0.25, -0.2) is 9.67 Å². The molecule has 0 aliphatic carbocycles. The van der Waals surface area contributed by atoms with Crippen LogP contribution in [0.4, 0.5) is 5.69 Å². The van der Waals surface area contributed by atoms with Crippen molar-refractivity contribution in [2.75, 3.05) is 5.32 Å². The first-order chi connectivity index (χ1) is 9.56. The van der Waals surface area contributed by atoms with Crippen molar-refractivity contribution >= 4 is 11.6 Å². The number of hydrogen-bond donors (Lipinski definition) is 2. The maximum atomic E-state index is 11.8. The van der Waals surface area contributed by atoms with Crippen LogP contribution in [-0.4, -0.2) is 26.7 Å². The van der Waals surface area contributed by atoms with E-state index in [0.29, 0.717) is 6.54 Å². The van der Waals surface area contributed by atoms with E-state index in [1.807, 2.05) is 38.1 Å². The van der Waals surface area contributed by atoms with Crippen molar-refractivity contribution in [3.8, 4) is 0 Å². The zero-order valence-corrected chi connectivity index (χ0v) is 11.7. The molecule has 0 aliphatic heterocycles. The summed E-state index contributed by atoms with van der Waals surface area (Å²) in [4.78, 5) is 15.7. The van der Waals surface area contributed by atoms with Crippen molar-refractivity contribution in [2.45, 2.75) is 26.4 Å². The summed E-state index contributed by atoms with van der Waals surface area (Å²) in [5.41, 5.74) is 7.63. The first kappa shape index (κ1) is 14.2. The van der Waals surface area contributed by atoms with Gasteiger partial charge in [0, 0.05) is 5.69 Å². The molecule has 1 atom stereocenters. The average Bonchev–Trinajstić information content (AvgIpc) is 2.92. The van der Waals surface area contributed by atoms with Gasteiger partial charge in [-0.2, -0.15) is 5.10 Å². The summed E-state index contributed by atoms with van der Waals surface area (Å²) in [5, 5.41) is 6.85. The Labute approximate surface area is 118 Å². The van der Waals surface area contributed by atoms with E-state index in [-0.39, 0.29) is 11.8 Å². The van der Waals surface area contributed by atoms with Crippen LogP contribution in [-0.2, 0) is 11.3 Å². The number of aromatic nitrogens is 3. The molecule has 1 aromatic heterocycles. The van der Waals surface area contributed by atoms with Gasteiger partial charge < -0.3 is 11.1 Å². The van der Waals surface area contributed by atoms with Crippen molar-refractivity contribution < 1.29 is 4.79 Å². The number of carbonyl (C=O) groups is 1. The summed E-state index contributed by atoms with van der Waals surface area (Å²) in [6.45, 7) is 4.50. The lowest BCUT2D eigenvalue weighted by Gasteiger charge is -2.15. The van der Waals surface area contributed by atoms with Crippen molar-refractivity contribution in [1.29, 1.82) is 0 Å².